The molecule has 3 atom stereocenters. The second-order valence-electron chi connectivity index (χ2n) is 8.22. The second-order valence-corrected chi connectivity index (χ2v) is 9.50. The first kappa shape index (κ1) is 17.8. The van der Waals surface area contributed by atoms with Crippen LogP contribution in [0, 0.1) is 11.8 Å². The molecule has 1 aliphatic heterocycles. The van der Waals surface area contributed by atoms with Crippen LogP contribution in [0.4, 0.5) is 10.6 Å². The van der Waals surface area contributed by atoms with E-state index in [1.54, 1.807) is 11.3 Å². The van der Waals surface area contributed by atoms with Crippen molar-refractivity contribution in [3.63, 3.8) is 0 Å². The summed E-state index contributed by atoms with van der Waals surface area (Å²) < 4.78 is 6.47. The predicted molar refractivity (Wildman–Crippen MR) is 104 cm³/mol. The summed E-state index contributed by atoms with van der Waals surface area (Å²) in [5.74, 6) is 1.83. The molecule has 2 aromatic heterocycles. The van der Waals surface area contributed by atoms with Crippen LogP contribution < -0.4 is 5.32 Å². The summed E-state index contributed by atoms with van der Waals surface area (Å²) in [5.41, 5.74) is -0.446. The van der Waals surface area contributed by atoms with Gasteiger partial charge in [0.25, 0.3) is 0 Å². The van der Waals surface area contributed by atoms with Gasteiger partial charge >= 0.3 is 6.09 Å². The molecule has 1 amide bonds. The van der Waals surface area contributed by atoms with E-state index in [-0.39, 0.29) is 6.09 Å². The molecule has 1 aliphatic carbocycles. The molecule has 0 bridgehead atoms. The maximum absolute atomic E-state index is 12.3. The molecule has 0 spiro atoms. The van der Waals surface area contributed by atoms with Gasteiger partial charge in [-0.2, -0.15) is 0 Å². The summed E-state index contributed by atoms with van der Waals surface area (Å²) in [7, 11) is 0. The van der Waals surface area contributed by atoms with E-state index in [9.17, 15) is 4.79 Å². The zero-order chi connectivity index (χ0) is 18.5. The van der Waals surface area contributed by atoms with Crippen molar-refractivity contribution in [2.75, 3.05) is 18.4 Å². The van der Waals surface area contributed by atoms with Gasteiger partial charge in [0.1, 0.15) is 5.60 Å². The molecular formula is C18H23ClN4O2S. The van der Waals surface area contributed by atoms with Crippen molar-refractivity contribution in [1.82, 2.24) is 15.1 Å². The number of likely N-dealkylation sites (tertiary alicyclic amines) is 1. The van der Waals surface area contributed by atoms with Crippen molar-refractivity contribution in [2.24, 2.45) is 11.8 Å². The topological polar surface area (TPSA) is 67.3 Å². The average molecular weight is 395 g/mol. The molecule has 2 aliphatic rings. The number of nitrogens with zero attached hydrogens (tertiary/aromatic N) is 3. The molecule has 3 heterocycles. The number of aromatic nitrogens is 2. The lowest BCUT2D eigenvalue weighted by molar-refractivity contribution is 0.0280. The van der Waals surface area contributed by atoms with Gasteiger partial charge in [-0.1, -0.05) is 11.6 Å². The number of anilines is 1. The van der Waals surface area contributed by atoms with Crippen LogP contribution in [-0.2, 0) is 4.74 Å². The Bertz CT molecular complexity index is 820. The molecule has 0 aromatic carbocycles. The molecule has 2 aromatic rings. The van der Waals surface area contributed by atoms with Crippen LogP contribution in [0.3, 0.4) is 0 Å². The molecule has 26 heavy (non-hydrogen) atoms. The first-order chi connectivity index (χ1) is 12.3. The Labute approximate surface area is 161 Å². The van der Waals surface area contributed by atoms with Gasteiger partial charge in [-0.05, 0) is 56.9 Å². The maximum atomic E-state index is 12.3. The monoisotopic (exact) mass is 394 g/mol. The van der Waals surface area contributed by atoms with E-state index in [1.165, 1.54) is 0 Å². The number of amides is 1. The number of hydrogen-bond acceptors (Lipinski definition) is 6. The first-order valence-corrected chi connectivity index (χ1v) is 10.2. The van der Waals surface area contributed by atoms with Gasteiger partial charge in [-0.3, -0.25) is 0 Å². The third-order valence-electron chi connectivity index (χ3n) is 5.09. The van der Waals surface area contributed by atoms with Crippen molar-refractivity contribution >= 4 is 44.9 Å². The number of carbonyl (C=O) groups excluding carboxylic acids is 1. The highest BCUT2D eigenvalue weighted by molar-refractivity contribution is 7.17. The first-order valence-electron chi connectivity index (χ1n) is 8.94. The quantitative estimate of drug-likeness (QED) is 0.817. The van der Waals surface area contributed by atoms with Gasteiger partial charge < -0.3 is 15.0 Å². The van der Waals surface area contributed by atoms with E-state index in [1.807, 2.05) is 37.1 Å². The number of ether oxygens (including phenoxy) is 1. The van der Waals surface area contributed by atoms with Crippen LogP contribution in [0.2, 0.25) is 5.15 Å². The minimum atomic E-state index is -0.446. The minimum absolute atomic E-state index is 0.194. The SMILES string of the molecule is CC(C)(C)OC(=O)N1C[C@H]2CC(Nc3nnc(Cl)c4sccc34)C[C@H]2C1. The Hall–Kier alpha value is -1.60. The Morgan fingerprint density at radius 2 is 2.00 bits per heavy atom. The van der Waals surface area contributed by atoms with E-state index in [2.05, 4.69) is 15.5 Å². The molecule has 2 fully saturated rings. The largest absolute Gasteiger partial charge is 0.444 e. The highest BCUT2D eigenvalue weighted by Gasteiger charge is 2.43. The van der Waals surface area contributed by atoms with Crippen molar-refractivity contribution in [1.29, 1.82) is 0 Å². The highest BCUT2D eigenvalue weighted by Crippen LogP contribution is 2.40. The van der Waals surface area contributed by atoms with Gasteiger partial charge in [-0.15, -0.1) is 21.5 Å². The normalized spacial score (nSPS) is 25.5. The molecule has 6 nitrogen and oxygen atoms in total. The number of carbonyl (C=O) groups is 1. The molecule has 0 radical (unpaired) electrons. The highest BCUT2D eigenvalue weighted by atomic mass is 35.5. The van der Waals surface area contributed by atoms with Crippen molar-refractivity contribution in [2.45, 2.75) is 45.3 Å². The summed E-state index contributed by atoms with van der Waals surface area (Å²) in [6, 6.07) is 2.38. The number of thiophene rings is 1. The third-order valence-corrected chi connectivity index (χ3v) is 6.39. The number of nitrogens with one attached hydrogen (secondary N) is 1. The van der Waals surface area contributed by atoms with E-state index in [0.29, 0.717) is 23.0 Å². The van der Waals surface area contributed by atoms with Crippen LogP contribution in [0.15, 0.2) is 11.4 Å². The van der Waals surface area contributed by atoms with E-state index < -0.39 is 5.60 Å². The summed E-state index contributed by atoms with van der Waals surface area (Å²) in [6.07, 6.45) is 1.86. The van der Waals surface area contributed by atoms with Crippen LogP contribution in [0.5, 0.6) is 0 Å². The maximum Gasteiger partial charge on any atom is 0.410 e. The molecule has 8 heteroatoms. The Morgan fingerprint density at radius 3 is 2.65 bits per heavy atom. The van der Waals surface area contributed by atoms with Gasteiger partial charge in [0.15, 0.2) is 11.0 Å². The molecule has 1 unspecified atom stereocenters. The average Bonchev–Trinajstić information content (AvgIpc) is 3.22. The standard InChI is InChI=1S/C18H23ClN4O2S/c1-18(2,3)25-17(24)23-8-10-6-12(7-11(10)9-23)20-16-13-4-5-26-14(13)15(19)21-22-16/h4-5,10-12H,6-9H2,1-3H3,(H,20,22)/t10-,11+,12?. The molecule has 4 rings (SSSR count). The Morgan fingerprint density at radius 1 is 1.31 bits per heavy atom. The van der Waals surface area contributed by atoms with Crippen molar-refractivity contribution in [3.8, 4) is 0 Å². The Balaban J connectivity index is 1.38. The lowest BCUT2D eigenvalue weighted by atomic mass is 10.0. The summed E-state index contributed by atoms with van der Waals surface area (Å²) in [4.78, 5) is 14.1. The predicted octanol–water partition coefficient (Wildman–Crippen LogP) is 4.40. The fraction of sp³-hybridized carbons (Fsp3) is 0.611. The van der Waals surface area contributed by atoms with Crippen LogP contribution in [0.1, 0.15) is 33.6 Å². The zero-order valence-electron chi connectivity index (χ0n) is 15.2. The zero-order valence-corrected chi connectivity index (χ0v) is 16.7. The number of halogens is 1. The van der Waals surface area contributed by atoms with Gasteiger partial charge in [0.05, 0.1) is 4.70 Å². The molecule has 1 N–H and O–H groups in total. The van der Waals surface area contributed by atoms with Crippen molar-refractivity contribution < 1.29 is 9.53 Å². The lowest BCUT2D eigenvalue weighted by Crippen LogP contribution is -2.36. The summed E-state index contributed by atoms with van der Waals surface area (Å²) in [6.45, 7) is 7.26. The summed E-state index contributed by atoms with van der Waals surface area (Å²) >= 11 is 7.69. The van der Waals surface area contributed by atoms with Gasteiger partial charge in [-0.25, -0.2) is 4.79 Å². The van der Waals surface area contributed by atoms with Gasteiger partial charge in [0, 0.05) is 24.5 Å². The van der Waals surface area contributed by atoms with Crippen LogP contribution in [0.25, 0.3) is 10.1 Å². The van der Waals surface area contributed by atoms with Crippen molar-refractivity contribution in [3.05, 3.63) is 16.6 Å². The smallest absolute Gasteiger partial charge is 0.410 e. The van der Waals surface area contributed by atoms with Crippen LogP contribution in [-0.4, -0.2) is 45.9 Å². The Kier molecular flexibility index (Phi) is 4.47. The van der Waals surface area contributed by atoms with Crippen LogP contribution >= 0.6 is 22.9 Å². The third kappa shape index (κ3) is 3.47. The number of rotatable bonds is 2. The summed E-state index contributed by atoms with van der Waals surface area (Å²) in [5, 5.41) is 15.3. The fourth-order valence-electron chi connectivity index (χ4n) is 4.04. The molecule has 140 valence electrons. The molecule has 1 saturated heterocycles. The van der Waals surface area contributed by atoms with E-state index in [0.717, 1.165) is 41.8 Å². The fourth-order valence-corrected chi connectivity index (χ4v) is 5.09. The number of hydrogen-bond donors (Lipinski definition) is 1. The minimum Gasteiger partial charge on any atom is -0.444 e. The molecular weight excluding hydrogens is 372 g/mol. The van der Waals surface area contributed by atoms with Gasteiger partial charge in [0.2, 0.25) is 0 Å². The molecule has 1 saturated carbocycles. The lowest BCUT2D eigenvalue weighted by Gasteiger charge is -2.25. The number of fused-ring (bicyclic) bond motifs is 2. The van der Waals surface area contributed by atoms with E-state index >= 15 is 0 Å². The van der Waals surface area contributed by atoms with E-state index in [4.69, 9.17) is 16.3 Å². The second kappa shape index (κ2) is 6.53.